The first-order valence-corrected chi connectivity index (χ1v) is 7.93. The van der Waals surface area contributed by atoms with Gasteiger partial charge in [0.25, 0.3) is 5.69 Å². The van der Waals surface area contributed by atoms with Gasteiger partial charge < -0.3 is 5.32 Å². The normalized spacial score (nSPS) is 14.0. The van der Waals surface area contributed by atoms with Crippen molar-refractivity contribution in [3.05, 3.63) is 68.7 Å². The van der Waals surface area contributed by atoms with Crippen LogP contribution in [0.2, 0.25) is 5.02 Å². The van der Waals surface area contributed by atoms with Crippen molar-refractivity contribution in [3.8, 4) is 0 Å². The number of nitro groups is 1. The van der Waals surface area contributed by atoms with Crippen LogP contribution in [0.1, 0.15) is 11.1 Å². The molecule has 0 spiro atoms. The van der Waals surface area contributed by atoms with E-state index in [0.29, 0.717) is 5.69 Å². The Morgan fingerprint density at radius 1 is 1.25 bits per heavy atom. The molecule has 6 nitrogen and oxygen atoms in total. The fourth-order valence-electron chi connectivity index (χ4n) is 2.82. The van der Waals surface area contributed by atoms with E-state index in [-0.39, 0.29) is 23.2 Å². The Balaban J connectivity index is 1.63. The van der Waals surface area contributed by atoms with Gasteiger partial charge in [0.15, 0.2) is 0 Å². The maximum absolute atomic E-state index is 12.2. The lowest BCUT2D eigenvalue weighted by Gasteiger charge is -2.28. The number of rotatable bonds is 4. The summed E-state index contributed by atoms with van der Waals surface area (Å²) < 4.78 is 0. The summed E-state index contributed by atoms with van der Waals surface area (Å²) in [7, 11) is 0. The molecule has 1 aliphatic rings. The first-order chi connectivity index (χ1) is 11.5. The highest BCUT2D eigenvalue weighted by Crippen LogP contribution is 2.27. The third kappa shape index (κ3) is 3.72. The lowest BCUT2D eigenvalue weighted by molar-refractivity contribution is -0.384. The van der Waals surface area contributed by atoms with E-state index in [1.165, 1.54) is 23.3 Å². The molecule has 3 rings (SSSR count). The number of amides is 1. The summed E-state index contributed by atoms with van der Waals surface area (Å²) in [6.07, 6.45) is 0.913. The summed E-state index contributed by atoms with van der Waals surface area (Å²) in [5, 5.41) is 13.6. The Morgan fingerprint density at radius 2 is 2.00 bits per heavy atom. The van der Waals surface area contributed by atoms with Gasteiger partial charge >= 0.3 is 0 Å². The molecule has 0 aromatic heterocycles. The Labute approximate surface area is 144 Å². The van der Waals surface area contributed by atoms with E-state index in [9.17, 15) is 14.9 Å². The topological polar surface area (TPSA) is 75.5 Å². The number of nitrogens with zero attached hydrogens (tertiary/aromatic N) is 2. The molecule has 0 aliphatic carbocycles. The van der Waals surface area contributed by atoms with Gasteiger partial charge in [0.2, 0.25) is 5.91 Å². The van der Waals surface area contributed by atoms with Crippen LogP contribution in [0.3, 0.4) is 0 Å². The van der Waals surface area contributed by atoms with Crippen LogP contribution in [0.15, 0.2) is 42.5 Å². The van der Waals surface area contributed by atoms with Gasteiger partial charge in [-0.15, -0.1) is 0 Å². The van der Waals surface area contributed by atoms with E-state index >= 15 is 0 Å². The smallest absolute Gasteiger partial charge is 0.289 e. The molecule has 124 valence electrons. The van der Waals surface area contributed by atoms with E-state index in [0.717, 1.165) is 19.5 Å². The molecule has 0 saturated carbocycles. The van der Waals surface area contributed by atoms with Gasteiger partial charge in [-0.3, -0.25) is 19.8 Å². The van der Waals surface area contributed by atoms with Gasteiger partial charge in [0.1, 0.15) is 5.02 Å². The molecular formula is C17H16ClN3O3. The zero-order valence-corrected chi connectivity index (χ0v) is 13.6. The number of hydrogen-bond donors (Lipinski definition) is 1. The largest absolute Gasteiger partial charge is 0.325 e. The third-order valence-corrected chi connectivity index (χ3v) is 4.32. The predicted molar refractivity (Wildman–Crippen MR) is 92.2 cm³/mol. The summed E-state index contributed by atoms with van der Waals surface area (Å²) in [5.74, 6) is -0.203. The average Bonchev–Trinajstić information content (AvgIpc) is 2.56. The molecule has 1 N–H and O–H groups in total. The van der Waals surface area contributed by atoms with Crippen molar-refractivity contribution in [2.24, 2.45) is 0 Å². The van der Waals surface area contributed by atoms with E-state index in [2.05, 4.69) is 22.3 Å². The molecule has 0 fully saturated rings. The summed E-state index contributed by atoms with van der Waals surface area (Å²) in [4.78, 5) is 24.6. The van der Waals surface area contributed by atoms with E-state index in [4.69, 9.17) is 11.6 Å². The predicted octanol–water partition coefficient (Wildman–Crippen LogP) is 3.25. The third-order valence-electron chi connectivity index (χ3n) is 4.00. The highest BCUT2D eigenvalue weighted by Gasteiger charge is 2.19. The summed E-state index contributed by atoms with van der Waals surface area (Å²) in [6.45, 7) is 1.78. The molecule has 0 saturated heterocycles. The first kappa shape index (κ1) is 16.4. The van der Waals surface area contributed by atoms with Crippen molar-refractivity contribution < 1.29 is 9.72 Å². The standard InChI is InChI=1S/C17H16ClN3O3/c18-15-6-5-14(9-16(15)21(23)24)19-17(22)11-20-8-7-12-3-1-2-4-13(12)10-20/h1-6,9H,7-8,10-11H2,(H,19,22). The zero-order chi connectivity index (χ0) is 17.1. The van der Waals surface area contributed by atoms with Crippen molar-refractivity contribution in [1.29, 1.82) is 0 Å². The van der Waals surface area contributed by atoms with Crippen LogP contribution < -0.4 is 5.32 Å². The number of anilines is 1. The van der Waals surface area contributed by atoms with Crippen molar-refractivity contribution in [1.82, 2.24) is 4.90 Å². The Kier molecular flexibility index (Phi) is 4.78. The Morgan fingerprint density at radius 3 is 2.75 bits per heavy atom. The molecule has 0 atom stereocenters. The van der Waals surface area contributed by atoms with Crippen LogP contribution >= 0.6 is 11.6 Å². The summed E-state index contributed by atoms with van der Waals surface area (Å²) >= 11 is 5.77. The van der Waals surface area contributed by atoms with Crippen LogP contribution in [-0.2, 0) is 17.8 Å². The van der Waals surface area contributed by atoms with Crippen LogP contribution in [0.25, 0.3) is 0 Å². The van der Waals surface area contributed by atoms with Gasteiger partial charge in [-0.2, -0.15) is 0 Å². The number of fused-ring (bicyclic) bond motifs is 1. The second kappa shape index (κ2) is 6.98. The van der Waals surface area contributed by atoms with E-state index in [1.54, 1.807) is 6.07 Å². The van der Waals surface area contributed by atoms with Gasteiger partial charge in [-0.25, -0.2) is 0 Å². The number of carbonyl (C=O) groups excluding carboxylic acids is 1. The first-order valence-electron chi connectivity index (χ1n) is 7.56. The van der Waals surface area contributed by atoms with E-state index < -0.39 is 4.92 Å². The van der Waals surface area contributed by atoms with Gasteiger partial charge in [0, 0.05) is 24.8 Å². The molecule has 7 heteroatoms. The van der Waals surface area contributed by atoms with Crippen LogP contribution in [-0.4, -0.2) is 28.8 Å². The maximum atomic E-state index is 12.2. The van der Waals surface area contributed by atoms with Crippen molar-refractivity contribution in [3.63, 3.8) is 0 Å². The van der Waals surface area contributed by atoms with Crippen LogP contribution in [0, 0.1) is 10.1 Å². The van der Waals surface area contributed by atoms with Crippen LogP contribution in [0.4, 0.5) is 11.4 Å². The van der Waals surface area contributed by atoms with Crippen molar-refractivity contribution >= 4 is 28.9 Å². The molecular weight excluding hydrogens is 330 g/mol. The Bertz CT molecular complexity index is 794. The van der Waals surface area contributed by atoms with Crippen molar-refractivity contribution in [2.75, 3.05) is 18.4 Å². The number of benzene rings is 2. The lowest BCUT2D eigenvalue weighted by atomic mass is 10.00. The fraction of sp³-hybridized carbons (Fsp3) is 0.235. The molecule has 24 heavy (non-hydrogen) atoms. The highest BCUT2D eigenvalue weighted by molar-refractivity contribution is 6.32. The number of halogens is 1. The molecule has 1 aliphatic heterocycles. The minimum Gasteiger partial charge on any atom is -0.325 e. The molecule has 0 bridgehead atoms. The molecule has 0 unspecified atom stereocenters. The number of nitro benzene ring substituents is 1. The monoisotopic (exact) mass is 345 g/mol. The second-order valence-electron chi connectivity index (χ2n) is 5.70. The molecule has 2 aromatic rings. The number of carbonyl (C=O) groups is 1. The minimum absolute atomic E-state index is 0.0469. The summed E-state index contributed by atoms with van der Waals surface area (Å²) in [5.41, 5.74) is 2.70. The average molecular weight is 346 g/mol. The quantitative estimate of drug-likeness (QED) is 0.681. The van der Waals surface area contributed by atoms with E-state index in [1.807, 2.05) is 12.1 Å². The van der Waals surface area contributed by atoms with Crippen molar-refractivity contribution in [2.45, 2.75) is 13.0 Å². The summed E-state index contributed by atoms with van der Waals surface area (Å²) in [6, 6.07) is 12.4. The molecule has 1 heterocycles. The fourth-order valence-corrected chi connectivity index (χ4v) is 3.01. The molecule has 2 aromatic carbocycles. The lowest BCUT2D eigenvalue weighted by Crippen LogP contribution is -2.37. The Hall–Kier alpha value is -2.44. The number of hydrogen-bond acceptors (Lipinski definition) is 4. The number of nitrogens with one attached hydrogen (secondary N) is 1. The SMILES string of the molecule is O=C(CN1CCc2ccccc2C1)Nc1ccc(Cl)c([N+](=O)[O-])c1. The maximum Gasteiger partial charge on any atom is 0.289 e. The second-order valence-corrected chi connectivity index (χ2v) is 6.11. The van der Waals surface area contributed by atoms with Gasteiger partial charge in [-0.05, 0) is 29.7 Å². The minimum atomic E-state index is -0.570. The zero-order valence-electron chi connectivity index (χ0n) is 12.9. The highest BCUT2D eigenvalue weighted by atomic mass is 35.5. The molecule has 0 radical (unpaired) electrons. The molecule has 1 amide bonds. The van der Waals surface area contributed by atoms with Gasteiger partial charge in [0.05, 0.1) is 11.5 Å². The van der Waals surface area contributed by atoms with Crippen LogP contribution in [0.5, 0.6) is 0 Å². The van der Waals surface area contributed by atoms with Gasteiger partial charge in [-0.1, -0.05) is 35.9 Å².